The highest BCUT2D eigenvalue weighted by atomic mass is 32.1. The van der Waals surface area contributed by atoms with Gasteiger partial charge in [-0.25, -0.2) is 0 Å². The molecule has 2 N–H and O–H groups in total. The van der Waals surface area contributed by atoms with Crippen LogP contribution in [0.2, 0.25) is 0 Å². The molecule has 108 valence electrons. The fourth-order valence-corrected chi connectivity index (χ4v) is 3.38. The van der Waals surface area contributed by atoms with Crippen molar-refractivity contribution in [2.75, 3.05) is 11.9 Å². The Bertz CT molecular complexity index is 521. The minimum Gasteiger partial charge on any atom is -0.392 e. The zero-order valence-electron chi connectivity index (χ0n) is 12.2. The zero-order chi connectivity index (χ0) is 14.8. The summed E-state index contributed by atoms with van der Waals surface area (Å²) in [5.41, 5.74) is 7.30. The van der Waals surface area contributed by atoms with Gasteiger partial charge in [0, 0.05) is 12.7 Å². The third-order valence-electron chi connectivity index (χ3n) is 4.37. The number of benzene rings is 1. The predicted octanol–water partition coefficient (Wildman–Crippen LogP) is 3.19. The van der Waals surface area contributed by atoms with E-state index in [0.29, 0.717) is 4.99 Å². The van der Waals surface area contributed by atoms with Crippen LogP contribution >= 0.6 is 12.2 Å². The lowest BCUT2D eigenvalue weighted by Crippen LogP contribution is -2.50. The summed E-state index contributed by atoms with van der Waals surface area (Å²) in [5.74, 6) is 0.0407. The van der Waals surface area contributed by atoms with E-state index in [1.807, 2.05) is 38.2 Å². The number of anilines is 1. The molecule has 1 aliphatic rings. The molecule has 0 heterocycles. The molecule has 2 rings (SSSR count). The lowest BCUT2D eigenvalue weighted by atomic mass is 9.73. The number of carbonyl (C=O) groups is 1. The molecule has 0 spiro atoms. The zero-order valence-corrected chi connectivity index (χ0v) is 13.0. The number of hydrogen-bond donors (Lipinski definition) is 1. The minimum atomic E-state index is -0.648. The maximum atomic E-state index is 13.0. The van der Waals surface area contributed by atoms with Gasteiger partial charge in [-0.1, -0.05) is 49.7 Å². The molecule has 0 aliphatic heterocycles. The number of amides is 1. The summed E-state index contributed by atoms with van der Waals surface area (Å²) in [5, 5.41) is 0. The van der Waals surface area contributed by atoms with Crippen LogP contribution in [-0.2, 0) is 4.79 Å². The van der Waals surface area contributed by atoms with Crippen LogP contribution in [0.5, 0.6) is 0 Å². The van der Waals surface area contributed by atoms with Crippen LogP contribution in [0.15, 0.2) is 24.3 Å². The van der Waals surface area contributed by atoms with Gasteiger partial charge >= 0.3 is 0 Å². The molecular weight excluding hydrogens is 268 g/mol. The predicted molar refractivity (Wildman–Crippen MR) is 86.9 cm³/mol. The van der Waals surface area contributed by atoms with Crippen LogP contribution < -0.4 is 10.6 Å². The van der Waals surface area contributed by atoms with E-state index in [1.54, 1.807) is 4.90 Å². The topological polar surface area (TPSA) is 46.3 Å². The smallest absolute Gasteiger partial charge is 0.239 e. The van der Waals surface area contributed by atoms with Gasteiger partial charge in [-0.05, 0) is 31.4 Å². The molecular formula is C16H22N2OS. The van der Waals surface area contributed by atoms with Gasteiger partial charge in [0.1, 0.15) is 0 Å². The molecule has 20 heavy (non-hydrogen) atoms. The Labute approximate surface area is 126 Å². The average molecular weight is 290 g/mol. The van der Waals surface area contributed by atoms with E-state index in [2.05, 4.69) is 0 Å². The van der Waals surface area contributed by atoms with E-state index in [1.165, 1.54) is 0 Å². The molecule has 0 bridgehead atoms. The molecule has 0 aromatic heterocycles. The number of thiocarbonyl (C=S) groups is 1. The molecule has 1 fully saturated rings. The Balaban J connectivity index is 2.33. The van der Waals surface area contributed by atoms with Crippen molar-refractivity contribution in [3.05, 3.63) is 29.8 Å². The normalized spacial score (nSPS) is 17.5. The molecule has 3 nitrogen and oxygen atoms in total. The molecule has 1 aromatic carbocycles. The molecule has 0 atom stereocenters. The first kappa shape index (κ1) is 15.0. The maximum Gasteiger partial charge on any atom is 0.239 e. The summed E-state index contributed by atoms with van der Waals surface area (Å²) in [4.78, 5) is 15.0. The molecule has 1 aromatic rings. The third-order valence-corrected chi connectivity index (χ3v) is 4.76. The van der Waals surface area contributed by atoms with E-state index < -0.39 is 5.41 Å². The number of nitrogens with two attached hydrogens (primary N) is 1. The Morgan fingerprint density at radius 2 is 1.85 bits per heavy atom. The second-order valence-corrected chi connectivity index (χ2v) is 6.10. The summed E-state index contributed by atoms with van der Waals surface area (Å²) in [6.07, 6.45) is 4.75. The quantitative estimate of drug-likeness (QED) is 0.870. The van der Waals surface area contributed by atoms with Crippen molar-refractivity contribution in [2.45, 2.75) is 39.0 Å². The largest absolute Gasteiger partial charge is 0.392 e. The van der Waals surface area contributed by atoms with Crippen molar-refractivity contribution in [3.63, 3.8) is 0 Å². The highest BCUT2D eigenvalue weighted by molar-refractivity contribution is 7.80. The SMILES string of the molecule is Cc1ccccc1N(C)C(=O)C1(C(N)=S)CCCCC1. The molecule has 0 saturated heterocycles. The number of rotatable bonds is 3. The van der Waals surface area contributed by atoms with Gasteiger partial charge in [0.15, 0.2) is 0 Å². The van der Waals surface area contributed by atoms with E-state index in [4.69, 9.17) is 18.0 Å². The minimum absolute atomic E-state index is 0.0407. The molecule has 1 saturated carbocycles. The first-order valence-corrected chi connectivity index (χ1v) is 7.53. The highest BCUT2D eigenvalue weighted by Crippen LogP contribution is 2.39. The van der Waals surface area contributed by atoms with Crippen molar-refractivity contribution >= 4 is 28.8 Å². The van der Waals surface area contributed by atoms with Gasteiger partial charge in [0.2, 0.25) is 5.91 Å². The van der Waals surface area contributed by atoms with Gasteiger partial charge in [-0.2, -0.15) is 0 Å². The molecule has 0 radical (unpaired) electrons. The van der Waals surface area contributed by atoms with Crippen molar-refractivity contribution < 1.29 is 4.79 Å². The summed E-state index contributed by atoms with van der Waals surface area (Å²) in [7, 11) is 1.82. The highest BCUT2D eigenvalue weighted by Gasteiger charge is 2.44. The lowest BCUT2D eigenvalue weighted by Gasteiger charge is -2.38. The molecule has 1 aliphatic carbocycles. The van der Waals surface area contributed by atoms with Crippen molar-refractivity contribution in [2.24, 2.45) is 11.1 Å². The monoisotopic (exact) mass is 290 g/mol. The Hall–Kier alpha value is -1.42. The fourth-order valence-electron chi connectivity index (χ4n) is 3.09. The van der Waals surface area contributed by atoms with Gasteiger partial charge in [-0.15, -0.1) is 0 Å². The summed E-state index contributed by atoms with van der Waals surface area (Å²) >= 11 is 5.24. The third kappa shape index (κ3) is 2.57. The second-order valence-electron chi connectivity index (χ2n) is 5.66. The first-order chi connectivity index (χ1) is 9.49. The Morgan fingerprint density at radius 1 is 1.25 bits per heavy atom. The van der Waals surface area contributed by atoms with Gasteiger partial charge < -0.3 is 10.6 Å². The number of carbonyl (C=O) groups excluding carboxylic acids is 1. The van der Waals surface area contributed by atoms with Crippen LogP contribution in [-0.4, -0.2) is 17.9 Å². The van der Waals surface area contributed by atoms with Gasteiger partial charge in [0.25, 0.3) is 0 Å². The Kier molecular flexibility index (Phi) is 4.43. The molecule has 0 unspecified atom stereocenters. The van der Waals surface area contributed by atoms with Crippen LogP contribution in [0.25, 0.3) is 0 Å². The van der Waals surface area contributed by atoms with E-state index in [9.17, 15) is 4.79 Å². The fraction of sp³-hybridized carbons (Fsp3) is 0.500. The summed E-state index contributed by atoms with van der Waals surface area (Å²) in [6, 6.07) is 7.89. The lowest BCUT2D eigenvalue weighted by molar-refractivity contribution is -0.125. The standard InChI is InChI=1S/C16H22N2OS/c1-12-8-4-5-9-13(12)18(2)15(19)16(14(17)20)10-6-3-7-11-16/h4-5,8-9H,3,6-7,10-11H2,1-2H3,(H2,17,20). The summed E-state index contributed by atoms with van der Waals surface area (Å²) in [6.45, 7) is 2.01. The van der Waals surface area contributed by atoms with E-state index in [-0.39, 0.29) is 5.91 Å². The number of hydrogen-bond acceptors (Lipinski definition) is 2. The Morgan fingerprint density at radius 3 is 2.40 bits per heavy atom. The molecule has 4 heteroatoms. The average Bonchev–Trinajstić information content (AvgIpc) is 2.47. The summed E-state index contributed by atoms with van der Waals surface area (Å²) < 4.78 is 0. The van der Waals surface area contributed by atoms with Gasteiger partial charge in [0.05, 0.1) is 10.4 Å². The van der Waals surface area contributed by atoms with Crippen LogP contribution in [0.4, 0.5) is 5.69 Å². The first-order valence-electron chi connectivity index (χ1n) is 7.13. The number of aryl methyl sites for hydroxylation is 1. The number of para-hydroxylation sites is 1. The molecule has 1 amide bonds. The van der Waals surface area contributed by atoms with Crippen molar-refractivity contribution in [3.8, 4) is 0 Å². The maximum absolute atomic E-state index is 13.0. The van der Waals surface area contributed by atoms with E-state index >= 15 is 0 Å². The van der Waals surface area contributed by atoms with Crippen LogP contribution in [0, 0.1) is 12.3 Å². The van der Waals surface area contributed by atoms with E-state index in [0.717, 1.165) is 43.4 Å². The van der Waals surface area contributed by atoms with Crippen molar-refractivity contribution in [1.82, 2.24) is 0 Å². The second kappa shape index (κ2) is 5.92. The van der Waals surface area contributed by atoms with Crippen molar-refractivity contribution in [1.29, 1.82) is 0 Å². The number of nitrogens with zero attached hydrogens (tertiary/aromatic N) is 1. The van der Waals surface area contributed by atoms with Crippen LogP contribution in [0.3, 0.4) is 0 Å². The van der Waals surface area contributed by atoms with Crippen LogP contribution in [0.1, 0.15) is 37.7 Å². The van der Waals surface area contributed by atoms with Gasteiger partial charge in [-0.3, -0.25) is 4.79 Å².